The van der Waals surface area contributed by atoms with Gasteiger partial charge in [-0.2, -0.15) is 0 Å². The molecule has 3 nitrogen and oxygen atoms in total. The van der Waals surface area contributed by atoms with Gasteiger partial charge in [0.25, 0.3) is 0 Å². The van der Waals surface area contributed by atoms with Crippen molar-refractivity contribution >= 4 is 17.5 Å². The van der Waals surface area contributed by atoms with Crippen LogP contribution >= 0.6 is 0 Å². The fourth-order valence-electron chi connectivity index (χ4n) is 1.24. The Kier molecular flexibility index (Phi) is 3.54. The van der Waals surface area contributed by atoms with Gasteiger partial charge in [0.1, 0.15) is 0 Å². The molecular formula is C11H16N2O. The summed E-state index contributed by atoms with van der Waals surface area (Å²) in [6.45, 7) is 2.09. The van der Waals surface area contributed by atoms with Gasteiger partial charge in [-0.1, -0.05) is 12.2 Å². The molecule has 0 atom stereocenters. The molecule has 0 aliphatic carbocycles. The summed E-state index contributed by atoms with van der Waals surface area (Å²) in [6.07, 6.45) is 4.49. The van der Waals surface area contributed by atoms with Crippen molar-refractivity contribution in [2.24, 2.45) is 0 Å². The molecule has 0 saturated carbocycles. The van der Waals surface area contributed by atoms with Crippen molar-refractivity contribution in [1.82, 2.24) is 0 Å². The Balaban J connectivity index is 2.89. The fraction of sp³-hybridized carbons (Fsp3) is 0.273. The molecule has 0 unspecified atom stereocenters. The molecule has 1 rings (SSSR count). The Hall–Kier alpha value is -1.48. The molecule has 1 aromatic rings. The summed E-state index contributed by atoms with van der Waals surface area (Å²) < 4.78 is 0. The predicted octanol–water partition coefficient (Wildman–Crippen LogP) is 1.56. The highest BCUT2D eigenvalue weighted by Crippen LogP contribution is 2.22. The van der Waals surface area contributed by atoms with Gasteiger partial charge in [-0.3, -0.25) is 0 Å². The Morgan fingerprint density at radius 2 is 2.07 bits per heavy atom. The summed E-state index contributed by atoms with van der Waals surface area (Å²) in [5.74, 6) is 0. The number of hydrogen-bond donors (Lipinski definition) is 3. The van der Waals surface area contributed by atoms with Crippen LogP contribution in [0.25, 0.3) is 6.08 Å². The first kappa shape index (κ1) is 10.6. The van der Waals surface area contributed by atoms with E-state index in [0.29, 0.717) is 17.8 Å². The van der Waals surface area contributed by atoms with Crippen LogP contribution in [0.15, 0.2) is 18.2 Å². The molecule has 3 heteroatoms. The third-order valence-corrected chi connectivity index (χ3v) is 2.05. The van der Waals surface area contributed by atoms with Gasteiger partial charge in [-0.15, -0.1) is 0 Å². The van der Waals surface area contributed by atoms with Crippen LogP contribution in [0.2, 0.25) is 0 Å². The fourth-order valence-corrected chi connectivity index (χ4v) is 1.24. The molecule has 0 saturated heterocycles. The van der Waals surface area contributed by atoms with Crippen LogP contribution in [0.4, 0.5) is 11.4 Å². The molecule has 0 fully saturated rings. The Bertz CT molecular complexity index is 322. The van der Waals surface area contributed by atoms with E-state index in [9.17, 15) is 0 Å². The van der Waals surface area contributed by atoms with Gasteiger partial charge in [-0.25, -0.2) is 0 Å². The van der Waals surface area contributed by atoms with Crippen molar-refractivity contribution in [1.29, 1.82) is 0 Å². The van der Waals surface area contributed by atoms with Gasteiger partial charge in [0.2, 0.25) is 0 Å². The Labute approximate surface area is 84.0 Å². The zero-order valence-electron chi connectivity index (χ0n) is 8.33. The minimum Gasteiger partial charge on any atom is -0.397 e. The third-order valence-electron chi connectivity index (χ3n) is 2.05. The first-order valence-electron chi connectivity index (χ1n) is 4.58. The largest absolute Gasteiger partial charge is 0.397 e. The second kappa shape index (κ2) is 4.67. The van der Waals surface area contributed by atoms with Crippen molar-refractivity contribution in [3.8, 4) is 0 Å². The number of benzene rings is 1. The van der Waals surface area contributed by atoms with Crippen molar-refractivity contribution in [2.45, 2.75) is 13.3 Å². The van der Waals surface area contributed by atoms with Gasteiger partial charge in [0.05, 0.1) is 11.4 Å². The van der Waals surface area contributed by atoms with E-state index in [1.54, 1.807) is 0 Å². The number of anilines is 2. The Morgan fingerprint density at radius 3 is 2.64 bits per heavy atom. The van der Waals surface area contributed by atoms with Crippen molar-refractivity contribution < 1.29 is 5.11 Å². The van der Waals surface area contributed by atoms with Crippen LogP contribution in [-0.2, 0) is 0 Å². The monoisotopic (exact) mass is 192 g/mol. The molecule has 0 spiro atoms. The molecule has 76 valence electrons. The number of nitrogens with two attached hydrogens (primary N) is 2. The predicted molar refractivity (Wildman–Crippen MR) is 60.7 cm³/mol. The van der Waals surface area contributed by atoms with Crippen LogP contribution < -0.4 is 11.5 Å². The minimum absolute atomic E-state index is 0.167. The van der Waals surface area contributed by atoms with E-state index in [-0.39, 0.29) is 6.61 Å². The van der Waals surface area contributed by atoms with E-state index in [1.807, 2.05) is 31.2 Å². The molecule has 0 heterocycles. The summed E-state index contributed by atoms with van der Waals surface area (Å²) in [7, 11) is 0. The summed E-state index contributed by atoms with van der Waals surface area (Å²) in [4.78, 5) is 0. The average molecular weight is 192 g/mol. The quantitative estimate of drug-likeness (QED) is 0.636. The van der Waals surface area contributed by atoms with Crippen molar-refractivity contribution in [2.75, 3.05) is 18.1 Å². The minimum atomic E-state index is 0.167. The molecule has 0 radical (unpaired) electrons. The van der Waals surface area contributed by atoms with E-state index >= 15 is 0 Å². The normalized spacial score (nSPS) is 11.0. The first-order valence-corrected chi connectivity index (χ1v) is 4.58. The standard InChI is InChI=1S/C11H16N2O/c1-8-6-9(4-2-3-5-14)7-10(12)11(8)13/h2,4,6-7,14H,3,5,12-13H2,1H3. The maximum Gasteiger partial charge on any atom is 0.0577 e. The first-order chi connectivity index (χ1) is 6.65. The van der Waals surface area contributed by atoms with Crippen molar-refractivity contribution in [3.63, 3.8) is 0 Å². The van der Waals surface area contributed by atoms with Gasteiger partial charge in [0.15, 0.2) is 0 Å². The van der Waals surface area contributed by atoms with Gasteiger partial charge in [0, 0.05) is 6.61 Å². The number of aliphatic hydroxyl groups is 1. The lowest BCUT2D eigenvalue weighted by atomic mass is 10.1. The maximum atomic E-state index is 8.60. The molecule has 0 amide bonds. The second-order valence-corrected chi connectivity index (χ2v) is 3.26. The lowest BCUT2D eigenvalue weighted by molar-refractivity contribution is 0.303. The van der Waals surface area contributed by atoms with E-state index in [4.69, 9.17) is 16.6 Å². The Morgan fingerprint density at radius 1 is 1.36 bits per heavy atom. The van der Waals surface area contributed by atoms with Gasteiger partial charge in [-0.05, 0) is 36.6 Å². The highest BCUT2D eigenvalue weighted by molar-refractivity contribution is 5.71. The molecule has 1 aromatic carbocycles. The highest BCUT2D eigenvalue weighted by atomic mass is 16.2. The number of nitrogen functional groups attached to an aromatic ring is 2. The molecule has 14 heavy (non-hydrogen) atoms. The zero-order chi connectivity index (χ0) is 10.6. The number of rotatable bonds is 3. The lowest BCUT2D eigenvalue weighted by Crippen LogP contribution is -1.97. The summed E-state index contributed by atoms with van der Waals surface area (Å²) in [5, 5.41) is 8.60. The van der Waals surface area contributed by atoms with Crippen LogP contribution in [0.5, 0.6) is 0 Å². The van der Waals surface area contributed by atoms with Crippen LogP contribution in [0, 0.1) is 6.92 Å². The number of aliphatic hydroxyl groups excluding tert-OH is 1. The third kappa shape index (κ3) is 2.50. The van der Waals surface area contributed by atoms with Crippen LogP contribution in [0.1, 0.15) is 17.5 Å². The van der Waals surface area contributed by atoms with E-state index in [0.717, 1.165) is 11.1 Å². The number of hydrogen-bond acceptors (Lipinski definition) is 3. The molecule has 5 N–H and O–H groups in total. The molecule has 0 aliphatic rings. The zero-order valence-corrected chi connectivity index (χ0v) is 8.33. The van der Waals surface area contributed by atoms with E-state index in [1.165, 1.54) is 0 Å². The summed E-state index contributed by atoms with van der Waals surface area (Å²) >= 11 is 0. The van der Waals surface area contributed by atoms with Gasteiger partial charge < -0.3 is 16.6 Å². The second-order valence-electron chi connectivity index (χ2n) is 3.26. The lowest BCUT2D eigenvalue weighted by Gasteiger charge is -2.05. The van der Waals surface area contributed by atoms with Crippen molar-refractivity contribution in [3.05, 3.63) is 29.3 Å². The average Bonchev–Trinajstić information content (AvgIpc) is 2.14. The SMILES string of the molecule is Cc1cc(C=CCCO)cc(N)c1N. The topological polar surface area (TPSA) is 72.3 Å². The highest BCUT2D eigenvalue weighted by Gasteiger charge is 1.99. The van der Waals surface area contributed by atoms with Crippen LogP contribution in [0.3, 0.4) is 0 Å². The van der Waals surface area contributed by atoms with Crippen LogP contribution in [-0.4, -0.2) is 11.7 Å². The molecule has 0 aliphatic heterocycles. The van der Waals surface area contributed by atoms with E-state index in [2.05, 4.69) is 0 Å². The summed E-state index contributed by atoms with van der Waals surface area (Å²) in [5.41, 5.74) is 14.7. The van der Waals surface area contributed by atoms with E-state index < -0.39 is 0 Å². The molecule has 0 aromatic heterocycles. The summed E-state index contributed by atoms with van der Waals surface area (Å²) in [6, 6.07) is 3.80. The molecular weight excluding hydrogens is 176 g/mol. The smallest absolute Gasteiger partial charge is 0.0577 e. The molecule has 0 bridgehead atoms. The maximum absolute atomic E-state index is 8.60. The number of aryl methyl sites for hydroxylation is 1. The van der Waals surface area contributed by atoms with Gasteiger partial charge >= 0.3 is 0 Å².